The molecule has 0 aromatic heterocycles. The average molecular weight is 245 g/mol. The lowest BCUT2D eigenvalue weighted by Crippen LogP contribution is -2.40. The summed E-state index contributed by atoms with van der Waals surface area (Å²) in [5, 5.41) is 20.4. The Morgan fingerprint density at radius 2 is 1.76 bits per heavy atom. The molecule has 0 heterocycles. The lowest BCUT2D eigenvalue weighted by atomic mass is 9.85. The van der Waals surface area contributed by atoms with Crippen molar-refractivity contribution in [2.75, 3.05) is 6.61 Å². The Bertz CT molecular complexity index is 276. The van der Waals surface area contributed by atoms with E-state index in [4.69, 9.17) is 10.2 Å². The van der Waals surface area contributed by atoms with E-state index >= 15 is 0 Å². The summed E-state index contributed by atoms with van der Waals surface area (Å²) in [6.45, 7) is 7.18. The van der Waals surface area contributed by atoms with E-state index in [2.05, 4.69) is 5.32 Å². The zero-order valence-corrected chi connectivity index (χ0v) is 11.0. The van der Waals surface area contributed by atoms with Crippen molar-refractivity contribution in [2.24, 2.45) is 11.3 Å². The molecule has 0 aromatic carbocycles. The first-order valence-electron chi connectivity index (χ1n) is 5.80. The van der Waals surface area contributed by atoms with Gasteiger partial charge < -0.3 is 15.5 Å². The Hall–Kier alpha value is -1.10. The van der Waals surface area contributed by atoms with Crippen molar-refractivity contribution in [3.05, 3.63) is 0 Å². The van der Waals surface area contributed by atoms with Gasteiger partial charge in [-0.3, -0.25) is 9.59 Å². The summed E-state index contributed by atoms with van der Waals surface area (Å²) in [6, 6.07) is -0.117. The molecule has 0 radical (unpaired) electrons. The predicted octanol–water partition coefficient (Wildman–Crippen LogP) is 1.01. The first-order valence-corrected chi connectivity index (χ1v) is 5.80. The summed E-state index contributed by atoms with van der Waals surface area (Å²) in [5.74, 6) is -1.09. The number of rotatable bonds is 7. The van der Waals surface area contributed by atoms with Gasteiger partial charge in [0.15, 0.2) is 0 Å². The maximum atomic E-state index is 11.7. The van der Waals surface area contributed by atoms with Gasteiger partial charge >= 0.3 is 5.97 Å². The third kappa shape index (κ3) is 6.94. The number of aliphatic hydroxyl groups excluding tert-OH is 1. The molecule has 0 aliphatic rings. The lowest BCUT2D eigenvalue weighted by molar-refractivity contribution is -0.139. The molecule has 0 aromatic rings. The molecule has 1 amide bonds. The van der Waals surface area contributed by atoms with Crippen LogP contribution in [-0.4, -0.2) is 34.7 Å². The second-order valence-corrected chi connectivity index (χ2v) is 5.43. The van der Waals surface area contributed by atoms with E-state index in [0.29, 0.717) is 0 Å². The molecule has 2 unspecified atom stereocenters. The molecule has 2 atom stereocenters. The number of amides is 1. The smallest absolute Gasteiger partial charge is 0.303 e. The molecule has 0 saturated carbocycles. The normalized spacial score (nSPS) is 15.1. The molecule has 100 valence electrons. The average Bonchev–Trinajstić information content (AvgIpc) is 2.12. The van der Waals surface area contributed by atoms with E-state index in [9.17, 15) is 9.59 Å². The van der Waals surface area contributed by atoms with Crippen LogP contribution in [-0.2, 0) is 9.59 Å². The molecule has 17 heavy (non-hydrogen) atoms. The molecule has 5 nitrogen and oxygen atoms in total. The van der Waals surface area contributed by atoms with E-state index in [1.807, 2.05) is 13.8 Å². The van der Waals surface area contributed by atoms with Crippen molar-refractivity contribution in [3.8, 4) is 0 Å². The fourth-order valence-corrected chi connectivity index (χ4v) is 1.51. The van der Waals surface area contributed by atoms with Crippen LogP contribution < -0.4 is 5.32 Å². The summed E-state index contributed by atoms with van der Waals surface area (Å²) in [5.41, 5.74) is -0.557. The van der Waals surface area contributed by atoms with Gasteiger partial charge in [0.2, 0.25) is 5.91 Å². The molecule has 5 heteroatoms. The number of carboxylic acid groups (broad SMARTS) is 1. The third-order valence-electron chi connectivity index (χ3n) is 2.80. The van der Waals surface area contributed by atoms with E-state index in [0.717, 1.165) is 0 Å². The summed E-state index contributed by atoms with van der Waals surface area (Å²) in [7, 11) is 0. The van der Waals surface area contributed by atoms with Crippen molar-refractivity contribution in [1.29, 1.82) is 0 Å². The minimum atomic E-state index is -0.903. The van der Waals surface area contributed by atoms with Crippen LogP contribution in [0.2, 0.25) is 0 Å². The van der Waals surface area contributed by atoms with E-state index in [1.165, 1.54) is 0 Å². The van der Waals surface area contributed by atoms with Gasteiger partial charge in [0.25, 0.3) is 0 Å². The molecule has 0 saturated heterocycles. The Morgan fingerprint density at radius 3 is 2.18 bits per heavy atom. The summed E-state index contributed by atoms with van der Waals surface area (Å²) < 4.78 is 0. The fourth-order valence-electron chi connectivity index (χ4n) is 1.51. The van der Waals surface area contributed by atoms with Crippen LogP contribution >= 0.6 is 0 Å². The van der Waals surface area contributed by atoms with Crippen molar-refractivity contribution < 1.29 is 19.8 Å². The van der Waals surface area contributed by atoms with Crippen molar-refractivity contribution in [2.45, 2.75) is 46.6 Å². The maximum Gasteiger partial charge on any atom is 0.303 e. The Kier molecular flexibility index (Phi) is 6.16. The number of aliphatic carboxylic acids is 1. The van der Waals surface area contributed by atoms with Crippen LogP contribution in [0.15, 0.2) is 0 Å². The largest absolute Gasteiger partial charge is 0.481 e. The van der Waals surface area contributed by atoms with Gasteiger partial charge in [0.05, 0.1) is 6.42 Å². The van der Waals surface area contributed by atoms with Gasteiger partial charge in [-0.15, -0.1) is 0 Å². The van der Waals surface area contributed by atoms with Crippen LogP contribution in [0.25, 0.3) is 0 Å². The van der Waals surface area contributed by atoms with E-state index < -0.39 is 11.4 Å². The van der Waals surface area contributed by atoms with Gasteiger partial charge in [-0.2, -0.15) is 0 Å². The summed E-state index contributed by atoms with van der Waals surface area (Å²) >= 11 is 0. The Morgan fingerprint density at radius 1 is 1.24 bits per heavy atom. The fraction of sp³-hybridized carbons (Fsp3) is 0.833. The van der Waals surface area contributed by atoms with E-state index in [-0.39, 0.29) is 37.3 Å². The van der Waals surface area contributed by atoms with Crippen LogP contribution in [0.1, 0.15) is 40.5 Å². The standard InChI is InChI=1S/C12H23NO4/c1-8(7-14)9(2)13-10(15)5-12(3,4)6-11(16)17/h8-9,14H,5-7H2,1-4H3,(H,13,15)(H,16,17). The van der Waals surface area contributed by atoms with Gasteiger partial charge in [0, 0.05) is 19.1 Å². The quantitative estimate of drug-likeness (QED) is 0.624. The number of aliphatic hydroxyl groups is 1. The molecule has 0 aliphatic carbocycles. The van der Waals surface area contributed by atoms with Gasteiger partial charge in [-0.05, 0) is 18.3 Å². The lowest BCUT2D eigenvalue weighted by Gasteiger charge is -2.24. The highest BCUT2D eigenvalue weighted by Gasteiger charge is 2.26. The van der Waals surface area contributed by atoms with Gasteiger partial charge in [-0.1, -0.05) is 20.8 Å². The van der Waals surface area contributed by atoms with Crippen molar-refractivity contribution >= 4 is 11.9 Å². The minimum absolute atomic E-state index is 0.0125. The van der Waals surface area contributed by atoms with Gasteiger partial charge in [0.1, 0.15) is 0 Å². The second-order valence-electron chi connectivity index (χ2n) is 5.43. The summed E-state index contributed by atoms with van der Waals surface area (Å²) in [6.07, 6.45) is 0.131. The molecule has 3 N–H and O–H groups in total. The highest BCUT2D eigenvalue weighted by Crippen LogP contribution is 2.24. The summed E-state index contributed by atoms with van der Waals surface area (Å²) in [4.78, 5) is 22.3. The Labute approximate surface area is 102 Å². The number of carboxylic acids is 1. The minimum Gasteiger partial charge on any atom is -0.481 e. The molecule has 0 fully saturated rings. The van der Waals surface area contributed by atoms with Crippen LogP contribution in [0.4, 0.5) is 0 Å². The zero-order chi connectivity index (χ0) is 13.6. The number of carbonyl (C=O) groups is 2. The van der Waals surface area contributed by atoms with Crippen molar-refractivity contribution in [1.82, 2.24) is 5.32 Å². The second kappa shape index (κ2) is 6.59. The highest BCUT2D eigenvalue weighted by molar-refractivity contribution is 5.78. The monoisotopic (exact) mass is 245 g/mol. The predicted molar refractivity (Wildman–Crippen MR) is 64.5 cm³/mol. The SMILES string of the molecule is CC(CO)C(C)NC(=O)CC(C)(C)CC(=O)O. The van der Waals surface area contributed by atoms with Crippen LogP contribution in [0.5, 0.6) is 0 Å². The molecular weight excluding hydrogens is 222 g/mol. The van der Waals surface area contributed by atoms with E-state index in [1.54, 1.807) is 13.8 Å². The van der Waals surface area contributed by atoms with Crippen molar-refractivity contribution in [3.63, 3.8) is 0 Å². The molecule has 0 spiro atoms. The molecular formula is C12H23NO4. The first-order chi connectivity index (χ1) is 7.68. The molecule has 0 rings (SSSR count). The Balaban J connectivity index is 4.21. The topological polar surface area (TPSA) is 86.6 Å². The maximum absolute atomic E-state index is 11.7. The number of nitrogens with one attached hydrogen (secondary N) is 1. The molecule has 0 aliphatic heterocycles. The third-order valence-corrected chi connectivity index (χ3v) is 2.80. The zero-order valence-electron chi connectivity index (χ0n) is 11.0. The van der Waals surface area contributed by atoms with Crippen LogP contribution in [0, 0.1) is 11.3 Å². The van der Waals surface area contributed by atoms with Crippen LogP contribution in [0.3, 0.4) is 0 Å². The number of hydrogen-bond donors (Lipinski definition) is 3. The van der Waals surface area contributed by atoms with Gasteiger partial charge in [-0.25, -0.2) is 0 Å². The highest BCUT2D eigenvalue weighted by atomic mass is 16.4. The number of carbonyl (C=O) groups excluding carboxylic acids is 1. The first kappa shape index (κ1) is 15.9. The number of hydrogen-bond acceptors (Lipinski definition) is 3. The molecule has 0 bridgehead atoms.